The Bertz CT molecular complexity index is 382. The molecule has 0 aromatic heterocycles. The maximum atomic E-state index is 11.6. The molecule has 2 atom stereocenters. The van der Waals surface area contributed by atoms with Crippen LogP contribution in [0.5, 0.6) is 0 Å². The van der Waals surface area contributed by atoms with Gasteiger partial charge in [-0.3, -0.25) is 14.4 Å². The minimum absolute atomic E-state index is 0.0833. The molecule has 2 fully saturated rings. The molecule has 0 aromatic rings. The summed E-state index contributed by atoms with van der Waals surface area (Å²) in [6, 6.07) is 0. The highest BCUT2D eigenvalue weighted by Gasteiger charge is 2.37. The molecule has 106 valence electrons. The molecular formula is C12H17NO5S. The molecule has 0 spiro atoms. The Hall–Kier alpha value is -1.24. The fraction of sp³-hybridized carbons (Fsp3) is 0.750. The number of carbonyl (C=O) groups excluding carboxylic acids is 3. The summed E-state index contributed by atoms with van der Waals surface area (Å²) in [6.45, 7) is 4.14. The Kier molecular flexibility index (Phi) is 4.34. The summed E-state index contributed by atoms with van der Waals surface area (Å²) in [5.41, 5.74) is 0. The lowest BCUT2D eigenvalue weighted by Crippen LogP contribution is -2.35. The van der Waals surface area contributed by atoms with Crippen LogP contribution in [-0.4, -0.2) is 40.1 Å². The van der Waals surface area contributed by atoms with Crippen LogP contribution in [0, 0.1) is 5.92 Å². The molecule has 2 aliphatic heterocycles. The zero-order chi connectivity index (χ0) is 14.0. The third-order valence-electron chi connectivity index (χ3n) is 3.16. The number of carbonyl (C=O) groups is 3. The van der Waals surface area contributed by atoms with Crippen LogP contribution in [0.3, 0.4) is 0 Å². The van der Waals surface area contributed by atoms with Gasteiger partial charge in [0.05, 0.1) is 0 Å². The first kappa shape index (κ1) is 14.2. The maximum absolute atomic E-state index is 11.6. The number of ether oxygens (including phenoxy) is 1. The highest BCUT2D eigenvalue weighted by molar-refractivity contribution is 8.00. The molecule has 2 heterocycles. The zero-order valence-electron chi connectivity index (χ0n) is 11.0. The van der Waals surface area contributed by atoms with E-state index in [2.05, 4.69) is 18.7 Å². The lowest BCUT2D eigenvalue weighted by atomic mass is 10.0. The van der Waals surface area contributed by atoms with Crippen molar-refractivity contribution in [3.8, 4) is 0 Å². The minimum Gasteiger partial charge on any atom is -0.428 e. The molecule has 0 N–H and O–H groups in total. The highest BCUT2D eigenvalue weighted by Crippen LogP contribution is 2.34. The van der Waals surface area contributed by atoms with Crippen molar-refractivity contribution in [2.75, 3.05) is 5.75 Å². The molecule has 0 unspecified atom stereocenters. The number of hydrogen-bond donors (Lipinski definition) is 0. The van der Waals surface area contributed by atoms with Crippen LogP contribution in [0.2, 0.25) is 0 Å². The molecule has 2 aliphatic rings. The molecule has 0 radical (unpaired) electrons. The van der Waals surface area contributed by atoms with Gasteiger partial charge in [-0.05, 0) is 18.1 Å². The molecule has 7 heteroatoms. The van der Waals surface area contributed by atoms with E-state index in [0.29, 0.717) is 11.0 Å². The average molecular weight is 287 g/mol. The number of nitrogens with zero attached hydrogens (tertiary/aromatic N) is 1. The van der Waals surface area contributed by atoms with Gasteiger partial charge >= 0.3 is 6.16 Å². The summed E-state index contributed by atoms with van der Waals surface area (Å²) < 4.78 is 5.22. The van der Waals surface area contributed by atoms with Gasteiger partial charge < -0.3 is 4.74 Å². The summed E-state index contributed by atoms with van der Waals surface area (Å²) in [5, 5.41) is 0.743. The predicted molar refractivity (Wildman–Crippen MR) is 68.1 cm³/mol. The molecule has 0 aromatic carbocycles. The topological polar surface area (TPSA) is 72.9 Å². The summed E-state index contributed by atoms with van der Waals surface area (Å²) in [6.07, 6.45) is -0.253. The summed E-state index contributed by atoms with van der Waals surface area (Å²) in [4.78, 5) is 38.9. The number of hydrogen-bond acceptors (Lipinski definition) is 6. The molecule has 2 rings (SSSR count). The second-order valence-electron chi connectivity index (χ2n) is 4.95. The predicted octanol–water partition coefficient (Wildman–Crippen LogP) is 1.73. The average Bonchev–Trinajstić information content (AvgIpc) is 2.91. The van der Waals surface area contributed by atoms with E-state index in [1.54, 1.807) is 11.8 Å². The van der Waals surface area contributed by atoms with E-state index < -0.39 is 18.0 Å². The van der Waals surface area contributed by atoms with Crippen LogP contribution >= 0.6 is 11.8 Å². The third kappa shape index (κ3) is 3.20. The second kappa shape index (κ2) is 5.81. The van der Waals surface area contributed by atoms with E-state index in [-0.39, 0.29) is 24.2 Å². The number of thioether (sulfide) groups is 1. The van der Waals surface area contributed by atoms with Crippen molar-refractivity contribution in [3.05, 3.63) is 0 Å². The molecule has 2 amide bonds. The van der Waals surface area contributed by atoms with Gasteiger partial charge in [0.2, 0.25) is 0 Å². The largest absolute Gasteiger partial charge is 0.534 e. The monoisotopic (exact) mass is 287 g/mol. The Morgan fingerprint density at radius 1 is 1.32 bits per heavy atom. The van der Waals surface area contributed by atoms with Crippen molar-refractivity contribution in [1.29, 1.82) is 0 Å². The number of rotatable bonds is 3. The summed E-state index contributed by atoms with van der Waals surface area (Å²) in [7, 11) is 0. The van der Waals surface area contributed by atoms with Crippen LogP contribution < -0.4 is 0 Å². The van der Waals surface area contributed by atoms with Crippen LogP contribution in [-0.2, 0) is 19.2 Å². The van der Waals surface area contributed by atoms with Crippen molar-refractivity contribution in [3.63, 3.8) is 0 Å². The van der Waals surface area contributed by atoms with Gasteiger partial charge in [0, 0.05) is 18.1 Å². The number of hydroxylamine groups is 2. The molecule has 19 heavy (non-hydrogen) atoms. The first-order valence-corrected chi connectivity index (χ1v) is 7.40. The van der Waals surface area contributed by atoms with Crippen molar-refractivity contribution in [1.82, 2.24) is 5.06 Å². The van der Waals surface area contributed by atoms with Gasteiger partial charge in [-0.1, -0.05) is 18.9 Å². The Labute approximate surface area is 115 Å². The van der Waals surface area contributed by atoms with Gasteiger partial charge in [-0.15, -0.1) is 0 Å². The maximum Gasteiger partial charge on any atom is 0.534 e. The van der Waals surface area contributed by atoms with Crippen molar-refractivity contribution in [2.45, 2.75) is 44.5 Å². The fourth-order valence-electron chi connectivity index (χ4n) is 2.22. The summed E-state index contributed by atoms with van der Waals surface area (Å²) in [5.74, 6) is 0.328. The molecule has 2 saturated heterocycles. The Balaban J connectivity index is 1.87. The van der Waals surface area contributed by atoms with Gasteiger partial charge in [-0.2, -0.15) is 11.8 Å². The highest BCUT2D eigenvalue weighted by atomic mass is 32.2. The van der Waals surface area contributed by atoms with Gasteiger partial charge in [0.1, 0.15) is 6.10 Å². The van der Waals surface area contributed by atoms with Crippen LogP contribution in [0.15, 0.2) is 0 Å². The SMILES string of the molecule is CC(C)[C@H]1SCC[C@H]1OC(=O)ON1C(=O)CCC1=O. The van der Waals surface area contributed by atoms with Crippen molar-refractivity contribution < 1.29 is 24.0 Å². The van der Waals surface area contributed by atoms with Gasteiger partial charge in [-0.25, -0.2) is 4.79 Å². The third-order valence-corrected chi connectivity index (χ3v) is 4.86. The quantitative estimate of drug-likeness (QED) is 0.581. The van der Waals surface area contributed by atoms with E-state index >= 15 is 0 Å². The molecular weight excluding hydrogens is 270 g/mol. The zero-order valence-corrected chi connectivity index (χ0v) is 11.8. The Morgan fingerprint density at radius 3 is 2.53 bits per heavy atom. The van der Waals surface area contributed by atoms with Crippen LogP contribution in [0.1, 0.15) is 33.1 Å². The lowest BCUT2D eigenvalue weighted by Gasteiger charge is -2.22. The number of amides is 2. The van der Waals surface area contributed by atoms with E-state index in [9.17, 15) is 14.4 Å². The standard InChI is InChI=1S/C12H17NO5S/c1-7(2)11-8(5-6-19-11)17-12(16)18-13-9(14)3-4-10(13)15/h7-8,11H,3-6H2,1-2H3/t8-,11-/m1/s1. The fourth-order valence-corrected chi connectivity index (χ4v) is 3.65. The van der Waals surface area contributed by atoms with Crippen LogP contribution in [0.4, 0.5) is 4.79 Å². The smallest absolute Gasteiger partial charge is 0.428 e. The van der Waals surface area contributed by atoms with E-state index in [4.69, 9.17) is 4.74 Å². The van der Waals surface area contributed by atoms with Crippen molar-refractivity contribution in [2.24, 2.45) is 5.92 Å². The molecule has 0 saturated carbocycles. The van der Waals surface area contributed by atoms with E-state index in [1.807, 2.05) is 0 Å². The first-order valence-electron chi connectivity index (χ1n) is 6.35. The number of imide groups is 1. The molecule has 0 aliphatic carbocycles. The lowest BCUT2D eigenvalue weighted by molar-refractivity contribution is -0.178. The van der Waals surface area contributed by atoms with E-state index in [0.717, 1.165) is 12.2 Å². The Morgan fingerprint density at radius 2 is 1.95 bits per heavy atom. The minimum atomic E-state index is -0.971. The van der Waals surface area contributed by atoms with Gasteiger partial charge in [0.25, 0.3) is 11.8 Å². The second-order valence-corrected chi connectivity index (χ2v) is 6.23. The van der Waals surface area contributed by atoms with Crippen molar-refractivity contribution >= 4 is 29.7 Å². The molecule has 0 bridgehead atoms. The normalized spacial score (nSPS) is 27.2. The first-order chi connectivity index (χ1) is 8.99. The summed E-state index contributed by atoms with van der Waals surface area (Å²) >= 11 is 1.76. The van der Waals surface area contributed by atoms with E-state index in [1.165, 1.54) is 0 Å². The van der Waals surface area contributed by atoms with Gasteiger partial charge in [0.15, 0.2) is 0 Å². The molecule has 6 nitrogen and oxygen atoms in total. The van der Waals surface area contributed by atoms with Crippen LogP contribution in [0.25, 0.3) is 0 Å².